The molecule has 7 nitrogen and oxygen atoms in total. The molecule has 3 aliphatic rings. The van der Waals surface area contributed by atoms with Crippen LogP contribution in [0.1, 0.15) is 31.2 Å². The van der Waals surface area contributed by atoms with Gasteiger partial charge in [0.05, 0.1) is 5.56 Å². The molecule has 3 fully saturated rings. The van der Waals surface area contributed by atoms with Gasteiger partial charge < -0.3 is 14.9 Å². The number of carboxylic acid groups (broad SMARTS) is 1. The van der Waals surface area contributed by atoms with E-state index in [4.69, 9.17) is 5.26 Å². The fraction of sp³-hybridized carbons (Fsp3) is 0.579. The van der Waals surface area contributed by atoms with E-state index in [-0.39, 0.29) is 24.3 Å². The molecule has 3 heterocycles. The molecule has 0 radical (unpaired) electrons. The highest BCUT2D eigenvalue weighted by Gasteiger charge is 2.59. The van der Waals surface area contributed by atoms with Crippen LogP contribution in [-0.2, 0) is 9.59 Å². The van der Waals surface area contributed by atoms with Gasteiger partial charge in [-0.05, 0) is 25.0 Å². The lowest BCUT2D eigenvalue weighted by atomic mass is 9.81. The topological polar surface area (TPSA) is 97.5 Å². The van der Waals surface area contributed by atoms with Gasteiger partial charge >= 0.3 is 5.97 Å². The maximum atomic E-state index is 12.7. The number of aromatic nitrogens is 1. The summed E-state index contributed by atoms with van der Waals surface area (Å²) in [6.07, 6.45) is 5.56. The van der Waals surface area contributed by atoms with Gasteiger partial charge in [0, 0.05) is 44.2 Å². The van der Waals surface area contributed by atoms with Crippen LogP contribution in [0.2, 0.25) is 0 Å². The van der Waals surface area contributed by atoms with Crippen molar-refractivity contribution in [2.75, 3.05) is 31.1 Å². The van der Waals surface area contributed by atoms with E-state index in [0.717, 1.165) is 25.7 Å². The van der Waals surface area contributed by atoms with Gasteiger partial charge in [0.1, 0.15) is 17.3 Å². The van der Waals surface area contributed by atoms with Crippen LogP contribution in [0.4, 0.5) is 5.82 Å². The van der Waals surface area contributed by atoms with E-state index in [1.165, 1.54) is 6.20 Å². The number of fused-ring (bicyclic) bond motifs is 1. The van der Waals surface area contributed by atoms with Gasteiger partial charge in [-0.15, -0.1) is 0 Å². The van der Waals surface area contributed by atoms with E-state index >= 15 is 0 Å². The minimum absolute atomic E-state index is 0.0796. The summed E-state index contributed by atoms with van der Waals surface area (Å²) in [6, 6.07) is 5.49. The zero-order valence-electron chi connectivity index (χ0n) is 14.6. The van der Waals surface area contributed by atoms with Gasteiger partial charge in [0.15, 0.2) is 0 Å². The standard InChI is InChI=1S/C19H22N4O3/c20-7-13-5-6-16(21-8-13)22-9-15-10-23(12-19(15,11-22)18(25)26)17(24)14-3-1-2-4-14/h5-6,8,14-15H,1-4,9-12H2,(H,25,26)/t15-,19-/m0/s1. The minimum Gasteiger partial charge on any atom is -0.481 e. The van der Waals surface area contributed by atoms with Gasteiger partial charge in [0.25, 0.3) is 0 Å². The van der Waals surface area contributed by atoms with Crippen LogP contribution in [0.3, 0.4) is 0 Å². The molecule has 0 aromatic carbocycles. The maximum Gasteiger partial charge on any atom is 0.313 e. The summed E-state index contributed by atoms with van der Waals surface area (Å²) in [5.74, 6) is -0.0209. The van der Waals surface area contributed by atoms with Gasteiger partial charge in [-0.1, -0.05) is 12.8 Å². The number of amides is 1. The molecule has 0 spiro atoms. The fourth-order valence-electron chi connectivity index (χ4n) is 4.78. The Morgan fingerprint density at radius 2 is 2.00 bits per heavy atom. The molecule has 136 valence electrons. The van der Waals surface area contributed by atoms with Gasteiger partial charge in [-0.25, -0.2) is 4.98 Å². The van der Waals surface area contributed by atoms with Crippen molar-refractivity contribution >= 4 is 17.7 Å². The Morgan fingerprint density at radius 1 is 1.23 bits per heavy atom. The van der Waals surface area contributed by atoms with Crippen LogP contribution in [0.25, 0.3) is 0 Å². The predicted octanol–water partition coefficient (Wildman–Crippen LogP) is 1.49. The van der Waals surface area contributed by atoms with Crippen molar-refractivity contribution < 1.29 is 14.7 Å². The van der Waals surface area contributed by atoms with Gasteiger partial charge in [-0.3, -0.25) is 9.59 Å². The first-order valence-electron chi connectivity index (χ1n) is 9.17. The third kappa shape index (κ3) is 2.61. The second-order valence-electron chi connectivity index (χ2n) is 7.76. The number of likely N-dealkylation sites (tertiary alicyclic amines) is 1. The number of pyridine rings is 1. The lowest BCUT2D eigenvalue weighted by Gasteiger charge is -2.27. The minimum atomic E-state index is -0.927. The summed E-state index contributed by atoms with van der Waals surface area (Å²) in [7, 11) is 0. The zero-order valence-corrected chi connectivity index (χ0v) is 14.6. The first-order chi connectivity index (χ1) is 12.5. The highest BCUT2D eigenvalue weighted by atomic mass is 16.4. The van der Waals surface area contributed by atoms with Crippen molar-refractivity contribution in [2.24, 2.45) is 17.3 Å². The number of anilines is 1. The van der Waals surface area contributed by atoms with Crippen molar-refractivity contribution in [1.82, 2.24) is 9.88 Å². The predicted molar refractivity (Wildman–Crippen MR) is 93.3 cm³/mol. The number of carbonyl (C=O) groups excluding carboxylic acids is 1. The summed E-state index contributed by atoms with van der Waals surface area (Å²) in [5, 5.41) is 18.8. The average molecular weight is 354 g/mol. The average Bonchev–Trinajstić information content (AvgIpc) is 3.35. The molecule has 2 atom stereocenters. The summed E-state index contributed by atoms with van der Waals surface area (Å²) < 4.78 is 0. The molecule has 0 unspecified atom stereocenters. The molecule has 1 aromatic rings. The summed E-state index contributed by atoms with van der Waals surface area (Å²) in [4.78, 5) is 32.9. The Hall–Kier alpha value is -2.62. The van der Waals surface area contributed by atoms with E-state index in [2.05, 4.69) is 4.98 Å². The molecule has 2 aliphatic heterocycles. The summed E-state index contributed by atoms with van der Waals surface area (Å²) in [6.45, 7) is 1.71. The van der Waals surface area contributed by atoms with E-state index in [9.17, 15) is 14.7 Å². The Balaban J connectivity index is 1.52. The molecule has 1 aromatic heterocycles. The monoisotopic (exact) mass is 354 g/mol. The largest absolute Gasteiger partial charge is 0.481 e. The number of nitriles is 1. The van der Waals surface area contributed by atoms with Crippen molar-refractivity contribution in [2.45, 2.75) is 25.7 Å². The van der Waals surface area contributed by atoms with Crippen LogP contribution in [0.5, 0.6) is 0 Å². The number of hydrogen-bond donors (Lipinski definition) is 1. The fourth-order valence-corrected chi connectivity index (χ4v) is 4.78. The quantitative estimate of drug-likeness (QED) is 0.883. The van der Waals surface area contributed by atoms with Crippen molar-refractivity contribution in [3.8, 4) is 6.07 Å². The first kappa shape index (κ1) is 16.8. The van der Waals surface area contributed by atoms with Crippen molar-refractivity contribution in [1.29, 1.82) is 5.26 Å². The number of carboxylic acids is 1. The zero-order chi connectivity index (χ0) is 18.3. The molecule has 1 N–H and O–H groups in total. The third-order valence-electron chi connectivity index (χ3n) is 6.25. The molecule has 1 aliphatic carbocycles. The van der Waals surface area contributed by atoms with E-state index in [0.29, 0.717) is 31.0 Å². The highest BCUT2D eigenvalue weighted by Crippen LogP contribution is 2.45. The lowest BCUT2D eigenvalue weighted by Crippen LogP contribution is -2.43. The van der Waals surface area contributed by atoms with Crippen molar-refractivity contribution in [3.05, 3.63) is 23.9 Å². The number of aliphatic carboxylic acids is 1. The molecular weight excluding hydrogens is 332 g/mol. The molecule has 1 amide bonds. The Labute approximate surface area is 152 Å². The number of carbonyl (C=O) groups is 2. The molecular formula is C19H22N4O3. The van der Waals surface area contributed by atoms with Crippen LogP contribution in [0, 0.1) is 28.6 Å². The Morgan fingerprint density at radius 3 is 2.58 bits per heavy atom. The molecule has 4 rings (SSSR count). The second kappa shape index (κ2) is 6.27. The number of hydrogen-bond acceptors (Lipinski definition) is 5. The SMILES string of the molecule is N#Cc1ccc(N2C[C@H]3CN(C(=O)C4CCCC4)C[C@@]3(C(=O)O)C2)nc1. The van der Waals surface area contributed by atoms with Crippen LogP contribution in [0.15, 0.2) is 18.3 Å². The molecule has 26 heavy (non-hydrogen) atoms. The van der Waals surface area contributed by atoms with Gasteiger partial charge in [-0.2, -0.15) is 5.26 Å². The normalized spacial score (nSPS) is 28.2. The molecule has 2 saturated heterocycles. The Bertz CT molecular complexity index is 766. The first-order valence-corrected chi connectivity index (χ1v) is 9.17. The molecule has 7 heteroatoms. The second-order valence-corrected chi connectivity index (χ2v) is 7.76. The summed E-state index contributed by atoms with van der Waals surface area (Å²) in [5.41, 5.74) is -0.446. The number of nitrogens with zero attached hydrogens (tertiary/aromatic N) is 4. The smallest absolute Gasteiger partial charge is 0.313 e. The lowest BCUT2D eigenvalue weighted by molar-refractivity contribution is -0.148. The highest BCUT2D eigenvalue weighted by molar-refractivity contribution is 5.83. The van der Waals surface area contributed by atoms with Crippen LogP contribution >= 0.6 is 0 Å². The maximum absolute atomic E-state index is 12.7. The Kier molecular flexibility index (Phi) is 4.06. The molecule has 0 bridgehead atoms. The van der Waals surface area contributed by atoms with Gasteiger partial charge in [0.2, 0.25) is 5.91 Å². The summed E-state index contributed by atoms with van der Waals surface area (Å²) >= 11 is 0. The van der Waals surface area contributed by atoms with E-state index < -0.39 is 11.4 Å². The number of rotatable bonds is 3. The molecule has 1 saturated carbocycles. The van der Waals surface area contributed by atoms with E-state index in [1.807, 2.05) is 11.0 Å². The van der Waals surface area contributed by atoms with Crippen LogP contribution in [-0.4, -0.2) is 53.0 Å². The third-order valence-corrected chi connectivity index (χ3v) is 6.25. The van der Waals surface area contributed by atoms with Crippen molar-refractivity contribution in [3.63, 3.8) is 0 Å². The van der Waals surface area contributed by atoms with Crippen LogP contribution < -0.4 is 4.90 Å². The van der Waals surface area contributed by atoms with E-state index in [1.54, 1.807) is 17.0 Å².